The Morgan fingerprint density at radius 2 is 1.84 bits per heavy atom. The van der Waals surface area contributed by atoms with Gasteiger partial charge < -0.3 is 15.5 Å². The average molecular weight is 265 g/mol. The number of hydrogen-bond acceptors (Lipinski definition) is 4. The maximum Gasteiger partial charge on any atom is 0.176 e. The van der Waals surface area contributed by atoms with Crippen LogP contribution in [0, 0.1) is 0 Å². The highest BCUT2D eigenvalue weighted by Gasteiger charge is 2.08. The summed E-state index contributed by atoms with van der Waals surface area (Å²) in [6.07, 6.45) is 6.02. The number of hydrogen-bond donors (Lipinski definition) is 3. The van der Waals surface area contributed by atoms with Gasteiger partial charge in [0.15, 0.2) is 17.3 Å². The van der Waals surface area contributed by atoms with Crippen molar-refractivity contribution in [1.82, 2.24) is 5.32 Å². The number of phenolic OH excluding ortho intramolecular Hbond substituents is 2. The number of aromatic hydroxyl groups is 2. The van der Waals surface area contributed by atoms with Gasteiger partial charge in [0.25, 0.3) is 0 Å². The van der Waals surface area contributed by atoms with Gasteiger partial charge >= 0.3 is 0 Å². The standard InChI is InChI=1S/C15H23NO3/c1-2-3-4-5-6-9-16-11-15(19)12-7-8-13(17)14(18)10-12/h7-8,10,16-18H,2-6,9,11H2,1H3. The lowest BCUT2D eigenvalue weighted by atomic mass is 10.1. The van der Waals surface area contributed by atoms with Crippen LogP contribution < -0.4 is 5.32 Å². The monoisotopic (exact) mass is 265 g/mol. The lowest BCUT2D eigenvalue weighted by Crippen LogP contribution is -2.24. The van der Waals surface area contributed by atoms with Crippen molar-refractivity contribution in [3.05, 3.63) is 23.8 Å². The highest BCUT2D eigenvalue weighted by atomic mass is 16.3. The Kier molecular flexibility index (Phi) is 6.97. The number of benzene rings is 1. The van der Waals surface area contributed by atoms with Crippen molar-refractivity contribution < 1.29 is 15.0 Å². The van der Waals surface area contributed by atoms with Crippen molar-refractivity contribution in [1.29, 1.82) is 0 Å². The zero-order chi connectivity index (χ0) is 14.1. The Morgan fingerprint density at radius 1 is 1.11 bits per heavy atom. The molecule has 0 amide bonds. The minimum atomic E-state index is -0.259. The van der Waals surface area contributed by atoms with E-state index in [1.54, 1.807) is 0 Å². The van der Waals surface area contributed by atoms with Crippen LogP contribution in [0.2, 0.25) is 0 Å². The molecule has 0 spiro atoms. The fourth-order valence-electron chi connectivity index (χ4n) is 1.85. The highest BCUT2D eigenvalue weighted by molar-refractivity contribution is 5.98. The molecule has 1 aromatic carbocycles. The molecule has 106 valence electrons. The third kappa shape index (κ3) is 5.75. The first-order valence-electron chi connectivity index (χ1n) is 6.91. The first-order chi connectivity index (χ1) is 9.15. The Bertz CT molecular complexity index is 404. The summed E-state index contributed by atoms with van der Waals surface area (Å²) in [6.45, 7) is 3.28. The van der Waals surface area contributed by atoms with Crippen LogP contribution >= 0.6 is 0 Å². The number of unbranched alkanes of at least 4 members (excludes halogenated alkanes) is 4. The Labute approximate surface area is 114 Å². The molecule has 0 heterocycles. The van der Waals surface area contributed by atoms with Crippen molar-refractivity contribution in [3.8, 4) is 11.5 Å². The predicted molar refractivity (Wildman–Crippen MR) is 75.7 cm³/mol. The summed E-state index contributed by atoms with van der Waals surface area (Å²) in [4.78, 5) is 11.8. The Balaban J connectivity index is 2.22. The normalized spacial score (nSPS) is 10.6. The molecule has 0 radical (unpaired) electrons. The number of ketones is 1. The zero-order valence-corrected chi connectivity index (χ0v) is 11.5. The lowest BCUT2D eigenvalue weighted by Gasteiger charge is -2.05. The average Bonchev–Trinajstić information content (AvgIpc) is 2.40. The van der Waals surface area contributed by atoms with Crippen LogP contribution in [0.5, 0.6) is 11.5 Å². The quantitative estimate of drug-likeness (QED) is 0.365. The van der Waals surface area contributed by atoms with Crippen LogP contribution in [0.3, 0.4) is 0 Å². The van der Waals surface area contributed by atoms with Gasteiger partial charge in [0.05, 0.1) is 6.54 Å². The molecule has 0 aliphatic carbocycles. The van der Waals surface area contributed by atoms with E-state index in [-0.39, 0.29) is 23.8 Å². The fraction of sp³-hybridized carbons (Fsp3) is 0.533. The van der Waals surface area contributed by atoms with Crippen molar-refractivity contribution in [3.63, 3.8) is 0 Å². The molecule has 0 unspecified atom stereocenters. The molecule has 0 fully saturated rings. The van der Waals surface area contributed by atoms with Gasteiger partial charge in [-0.2, -0.15) is 0 Å². The van der Waals surface area contributed by atoms with Gasteiger partial charge in [0.2, 0.25) is 0 Å². The Hall–Kier alpha value is -1.55. The number of Topliss-reactive ketones (excluding diaryl/α,β-unsaturated/α-hetero) is 1. The third-order valence-electron chi connectivity index (χ3n) is 3.04. The minimum absolute atomic E-state index is 0.0798. The number of rotatable bonds is 9. The molecular formula is C15H23NO3. The van der Waals surface area contributed by atoms with Gasteiger partial charge in [-0.1, -0.05) is 32.6 Å². The van der Waals surface area contributed by atoms with Crippen LogP contribution in [-0.4, -0.2) is 29.1 Å². The number of nitrogens with one attached hydrogen (secondary N) is 1. The topological polar surface area (TPSA) is 69.6 Å². The number of carbonyl (C=O) groups excluding carboxylic acids is 1. The minimum Gasteiger partial charge on any atom is -0.504 e. The van der Waals surface area contributed by atoms with E-state index in [0.717, 1.165) is 13.0 Å². The first-order valence-corrected chi connectivity index (χ1v) is 6.91. The van der Waals surface area contributed by atoms with Gasteiger partial charge in [-0.3, -0.25) is 4.79 Å². The van der Waals surface area contributed by atoms with Gasteiger partial charge in [0, 0.05) is 5.56 Å². The molecule has 3 N–H and O–H groups in total. The summed E-state index contributed by atoms with van der Waals surface area (Å²) in [7, 11) is 0. The third-order valence-corrected chi connectivity index (χ3v) is 3.04. The zero-order valence-electron chi connectivity index (χ0n) is 11.5. The van der Waals surface area contributed by atoms with Crippen LogP contribution in [0.1, 0.15) is 49.4 Å². The van der Waals surface area contributed by atoms with E-state index >= 15 is 0 Å². The SMILES string of the molecule is CCCCCCCNCC(=O)c1ccc(O)c(O)c1. The van der Waals surface area contributed by atoms with Crippen molar-refractivity contribution in [2.45, 2.75) is 39.0 Å². The molecule has 0 aromatic heterocycles. The van der Waals surface area contributed by atoms with E-state index in [1.807, 2.05) is 0 Å². The van der Waals surface area contributed by atoms with Gasteiger partial charge in [-0.05, 0) is 31.2 Å². The lowest BCUT2D eigenvalue weighted by molar-refractivity contribution is 0.0990. The van der Waals surface area contributed by atoms with E-state index in [1.165, 1.54) is 43.9 Å². The molecule has 4 heteroatoms. The van der Waals surface area contributed by atoms with E-state index in [2.05, 4.69) is 12.2 Å². The number of phenols is 2. The first kappa shape index (κ1) is 15.5. The number of carbonyl (C=O) groups is 1. The second-order valence-electron chi connectivity index (χ2n) is 4.72. The maximum atomic E-state index is 11.8. The molecular weight excluding hydrogens is 242 g/mol. The van der Waals surface area contributed by atoms with Crippen molar-refractivity contribution in [2.75, 3.05) is 13.1 Å². The van der Waals surface area contributed by atoms with E-state index in [0.29, 0.717) is 5.56 Å². The van der Waals surface area contributed by atoms with Gasteiger partial charge in [0.1, 0.15) is 0 Å². The molecule has 1 aromatic rings. The fourth-order valence-corrected chi connectivity index (χ4v) is 1.85. The Morgan fingerprint density at radius 3 is 2.53 bits per heavy atom. The largest absolute Gasteiger partial charge is 0.504 e. The molecule has 0 saturated carbocycles. The van der Waals surface area contributed by atoms with Crippen molar-refractivity contribution >= 4 is 5.78 Å². The summed E-state index contributed by atoms with van der Waals surface area (Å²) in [5, 5.41) is 21.6. The summed E-state index contributed by atoms with van der Waals surface area (Å²) in [6, 6.07) is 4.13. The predicted octanol–water partition coefficient (Wildman–Crippen LogP) is 2.84. The molecule has 19 heavy (non-hydrogen) atoms. The van der Waals surface area contributed by atoms with Crippen LogP contribution in [0.15, 0.2) is 18.2 Å². The summed E-state index contributed by atoms with van der Waals surface area (Å²) in [5.74, 6) is -0.547. The smallest absolute Gasteiger partial charge is 0.176 e. The molecule has 0 atom stereocenters. The van der Waals surface area contributed by atoms with Gasteiger partial charge in [-0.15, -0.1) is 0 Å². The molecule has 0 aliphatic rings. The molecule has 0 bridgehead atoms. The second kappa shape index (κ2) is 8.53. The summed E-state index contributed by atoms with van der Waals surface area (Å²) < 4.78 is 0. The van der Waals surface area contributed by atoms with Crippen LogP contribution in [0.4, 0.5) is 0 Å². The molecule has 0 aliphatic heterocycles. The molecule has 1 rings (SSSR count). The van der Waals surface area contributed by atoms with E-state index < -0.39 is 0 Å². The van der Waals surface area contributed by atoms with Crippen molar-refractivity contribution in [2.24, 2.45) is 0 Å². The molecule has 0 saturated heterocycles. The van der Waals surface area contributed by atoms with Crippen LogP contribution in [-0.2, 0) is 0 Å². The summed E-state index contributed by atoms with van der Waals surface area (Å²) >= 11 is 0. The van der Waals surface area contributed by atoms with Gasteiger partial charge in [-0.25, -0.2) is 0 Å². The van der Waals surface area contributed by atoms with E-state index in [9.17, 15) is 9.90 Å². The molecule has 4 nitrogen and oxygen atoms in total. The van der Waals surface area contributed by atoms with Crippen LogP contribution in [0.25, 0.3) is 0 Å². The van der Waals surface area contributed by atoms with E-state index in [4.69, 9.17) is 5.11 Å². The summed E-state index contributed by atoms with van der Waals surface area (Å²) in [5.41, 5.74) is 0.411. The maximum absolute atomic E-state index is 11.8. The highest BCUT2D eigenvalue weighted by Crippen LogP contribution is 2.24. The second-order valence-corrected chi connectivity index (χ2v) is 4.72.